The van der Waals surface area contributed by atoms with Gasteiger partial charge in [-0.3, -0.25) is 0 Å². The summed E-state index contributed by atoms with van der Waals surface area (Å²) in [6, 6.07) is 5.60. The Bertz CT molecular complexity index is 366. The van der Waals surface area contributed by atoms with Crippen LogP contribution in [0.5, 0.6) is 0 Å². The normalized spacial score (nSPS) is 10.5. The molecular formula is C13H20ClN3. The lowest BCUT2D eigenvalue weighted by Crippen LogP contribution is -2.21. The lowest BCUT2D eigenvalue weighted by molar-refractivity contribution is 0.368. The van der Waals surface area contributed by atoms with E-state index in [2.05, 4.69) is 23.8 Å². The maximum Gasteiger partial charge on any atom is 0.0655 e. The average Bonchev–Trinajstić information content (AvgIpc) is 2.29. The van der Waals surface area contributed by atoms with Gasteiger partial charge in [0, 0.05) is 18.8 Å². The monoisotopic (exact) mass is 253 g/mol. The fourth-order valence-corrected chi connectivity index (χ4v) is 1.71. The van der Waals surface area contributed by atoms with Gasteiger partial charge in [-0.25, -0.2) is 0 Å². The molecule has 0 aliphatic carbocycles. The van der Waals surface area contributed by atoms with Gasteiger partial charge in [0.25, 0.3) is 0 Å². The number of benzene rings is 1. The molecule has 17 heavy (non-hydrogen) atoms. The van der Waals surface area contributed by atoms with Gasteiger partial charge in [-0.2, -0.15) is 0 Å². The molecule has 0 aliphatic heterocycles. The van der Waals surface area contributed by atoms with Gasteiger partial charge in [-0.15, -0.1) is 6.58 Å². The van der Waals surface area contributed by atoms with Crippen molar-refractivity contribution in [1.82, 2.24) is 4.90 Å². The van der Waals surface area contributed by atoms with Gasteiger partial charge in [0.1, 0.15) is 0 Å². The molecule has 0 saturated carbocycles. The first-order valence-corrected chi connectivity index (χ1v) is 6.09. The van der Waals surface area contributed by atoms with E-state index in [1.165, 1.54) is 0 Å². The minimum atomic E-state index is 0.596. The molecule has 0 atom stereocenters. The second-order valence-corrected chi connectivity index (χ2v) is 4.47. The third-order valence-corrected chi connectivity index (χ3v) is 2.81. The van der Waals surface area contributed by atoms with E-state index in [4.69, 9.17) is 17.3 Å². The van der Waals surface area contributed by atoms with Crippen molar-refractivity contribution >= 4 is 23.0 Å². The van der Waals surface area contributed by atoms with Crippen molar-refractivity contribution in [1.29, 1.82) is 0 Å². The number of nitrogens with zero attached hydrogens (tertiary/aromatic N) is 1. The van der Waals surface area contributed by atoms with Crippen molar-refractivity contribution in [2.24, 2.45) is 0 Å². The van der Waals surface area contributed by atoms with Crippen molar-refractivity contribution < 1.29 is 0 Å². The van der Waals surface area contributed by atoms with Crippen LogP contribution < -0.4 is 11.1 Å². The lowest BCUT2D eigenvalue weighted by Gasteiger charge is -2.14. The standard InChI is InChI=1S/C13H20ClN3/c1-3-8-17(2)9-4-7-16-11-5-6-13(15)12(14)10-11/h3,5-6,10,16H,1,4,7-9,15H2,2H3. The van der Waals surface area contributed by atoms with Crippen LogP contribution in [0.25, 0.3) is 0 Å². The van der Waals surface area contributed by atoms with E-state index in [9.17, 15) is 0 Å². The van der Waals surface area contributed by atoms with E-state index >= 15 is 0 Å². The molecule has 0 heterocycles. The van der Waals surface area contributed by atoms with Crippen molar-refractivity contribution in [2.45, 2.75) is 6.42 Å². The number of hydrogen-bond acceptors (Lipinski definition) is 3. The van der Waals surface area contributed by atoms with Crippen LogP contribution in [0.2, 0.25) is 5.02 Å². The fourth-order valence-electron chi connectivity index (χ4n) is 1.53. The molecule has 0 radical (unpaired) electrons. The molecule has 3 N–H and O–H groups in total. The van der Waals surface area contributed by atoms with Crippen molar-refractivity contribution in [3.8, 4) is 0 Å². The molecule has 0 saturated heterocycles. The molecule has 94 valence electrons. The number of halogens is 1. The Balaban J connectivity index is 2.26. The molecule has 0 aromatic heterocycles. The molecule has 0 bridgehead atoms. The number of likely N-dealkylation sites (N-methyl/N-ethyl adjacent to an activating group) is 1. The lowest BCUT2D eigenvalue weighted by atomic mass is 10.2. The molecular weight excluding hydrogens is 234 g/mol. The zero-order valence-corrected chi connectivity index (χ0v) is 11.0. The molecule has 0 aliphatic rings. The van der Waals surface area contributed by atoms with E-state index in [-0.39, 0.29) is 0 Å². The minimum Gasteiger partial charge on any atom is -0.398 e. The number of rotatable bonds is 7. The number of nitrogens with one attached hydrogen (secondary N) is 1. The maximum atomic E-state index is 5.93. The quantitative estimate of drug-likeness (QED) is 0.446. The van der Waals surface area contributed by atoms with Crippen LogP contribution in [-0.2, 0) is 0 Å². The molecule has 0 spiro atoms. The zero-order valence-electron chi connectivity index (χ0n) is 10.2. The predicted molar refractivity (Wildman–Crippen MR) is 76.7 cm³/mol. The molecule has 0 amide bonds. The Morgan fingerprint density at radius 1 is 1.53 bits per heavy atom. The maximum absolute atomic E-state index is 5.93. The first-order chi connectivity index (χ1) is 8.13. The Labute approximate surface area is 108 Å². The van der Waals surface area contributed by atoms with Crippen molar-refractivity contribution in [3.63, 3.8) is 0 Å². The van der Waals surface area contributed by atoms with Crippen LogP contribution in [0.1, 0.15) is 6.42 Å². The zero-order chi connectivity index (χ0) is 12.7. The molecule has 0 fully saturated rings. The average molecular weight is 254 g/mol. The van der Waals surface area contributed by atoms with E-state index in [1.807, 2.05) is 24.3 Å². The summed E-state index contributed by atoms with van der Waals surface area (Å²) in [5.74, 6) is 0. The van der Waals surface area contributed by atoms with Crippen LogP contribution in [0.3, 0.4) is 0 Å². The summed E-state index contributed by atoms with van der Waals surface area (Å²) in [6.07, 6.45) is 2.99. The first kappa shape index (κ1) is 13.9. The van der Waals surface area contributed by atoms with E-state index in [0.717, 1.165) is 31.7 Å². The molecule has 0 unspecified atom stereocenters. The first-order valence-electron chi connectivity index (χ1n) is 5.72. The molecule has 3 nitrogen and oxygen atoms in total. The highest BCUT2D eigenvalue weighted by Crippen LogP contribution is 2.22. The summed E-state index contributed by atoms with van der Waals surface area (Å²) < 4.78 is 0. The summed E-state index contributed by atoms with van der Waals surface area (Å²) in [4.78, 5) is 2.23. The Hall–Kier alpha value is -1.19. The highest BCUT2D eigenvalue weighted by Gasteiger charge is 1.98. The fraction of sp³-hybridized carbons (Fsp3) is 0.385. The minimum absolute atomic E-state index is 0.596. The van der Waals surface area contributed by atoms with Crippen LogP contribution in [-0.4, -0.2) is 31.6 Å². The Morgan fingerprint density at radius 2 is 2.29 bits per heavy atom. The van der Waals surface area contributed by atoms with Crippen molar-refractivity contribution in [3.05, 3.63) is 35.9 Å². The molecule has 1 aromatic carbocycles. The Morgan fingerprint density at radius 3 is 2.94 bits per heavy atom. The largest absolute Gasteiger partial charge is 0.398 e. The highest BCUT2D eigenvalue weighted by molar-refractivity contribution is 6.33. The topological polar surface area (TPSA) is 41.3 Å². The summed E-state index contributed by atoms with van der Waals surface area (Å²) in [7, 11) is 2.09. The van der Waals surface area contributed by atoms with Gasteiger partial charge in [0.05, 0.1) is 10.7 Å². The molecule has 4 heteroatoms. The number of hydrogen-bond donors (Lipinski definition) is 2. The third-order valence-electron chi connectivity index (χ3n) is 2.49. The number of nitrogens with two attached hydrogens (primary N) is 1. The summed E-state index contributed by atoms with van der Waals surface area (Å²) in [6.45, 7) is 6.60. The number of nitrogen functional groups attached to an aromatic ring is 1. The van der Waals surface area contributed by atoms with Crippen LogP contribution >= 0.6 is 11.6 Å². The van der Waals surface area contributed by atoms with Crippen LogP contribution in [0.4, 0.5) is 11.4 Å². The van der Waals surface area contributed by atoms with E-state index in [1.54, 1.807) is 0 Å². The van der Waals surface area contributed by atoms with Gasteiger partial charge in [-0.05, 0) is 38.2 Å². The molecule has 1 rings (SSSR count). The summed E-state index contributed by atoms with van der Waals surface area (Å²) in [5, 5.41) is 3.91. The number of anilines is 2. The molecule has 1 aromatic rings. The van der Waals surface area contributed by atoms with Gasteiger partial charge < -0.3 is 16.0 Å². The third kappa shape index (κ3) is 5.11. The van der Waals surface area contributed by atoms with Gasteiger partial charge in [0.2, 0.25) is 0 Å². The second-order valence-electron chi connectivity index (χ2n) is 4.07. The van der Waals surface area contributed by atoms with E-state index in [0.29, 0.717) is 10.7 Å². The SMILES string of the molecule is C=CCN(C)CCCNc1ccc(N)c(Cl)c1. The Kier molecular flexibility index (Phi) is 5.87. The smallest absolute Gasteiger partial charge is 0.0655 e. The predicted octanol–water partition coefficient (Wildman–Crippen LogP) is 2.84. The van der Waals surface area contributed by atoms with E-state index < -0.39 is 0 Å². The van der Waals surface area contributed by atoms with Crippen LogP contribution in [0.15, 0.2) is 30.9 Å². The second kappa shape index (κ2) is 7.20. The van der Waals surface area contributed by atoms with Gasteiger partial charge >= 0.3 is 0 Å². The van der Waals surface area contributed by atoms with Gasteiger partial charge in [-0.1, -0.05) is 17.7 Å². The highest BCUT2D eigenvalue weighted by atomic mass is 35.5. The van der Waals surface area contributed by atoms with Crippen molar-refractivity contribution in [2.75, 3.05) is 37.7 Å². The summed E-state index contributed by atoms with van der Waals surface area (Å²) >= 11 is 5.93. The summed E-state index contributed by atoms with van der Waals surface area (Å²) in [5.41, 5.74) is 7.26. The van der Waals surface area contributed by atoms with Gasteiger partial charge in [0.15, 0.2) is 0 Å². The van der Waals surface area contributed by atoms with Crippen LogP contribution in [0, 0.1) is 0 Å².